The van der Waals surface area contributed by atoms with Crippen LogP contribution >= 0.6 is 23.1 Å². The van der Waals surface area contributed by atoms with Crippen LogP contribution in [0.5, 0.6) is 0 Å². The number of nitrogens with zero attached hydrogens (tertiary/aromatic N) is 3. The van der Waals surface area contributed by atoms with E-state index in [1.54, 1.807) is 10.8 Å². The maximum Gasteiger partial charge on any atom is 0.258 e. The Labute approximate surface area is 207 Å². The fourth-order valence-corrected chi connectivity index (χ4v) is 6.65. The highest BCUT2D eigenvalue weighted by molar-refractivity contribution is 7.99. The third kappa shape index (κ3) is 4.36. The molecule has 2 aliphatic carbocycles. The van der Waals surface area contributed by atoms with Crippen molar-refractivity contribution < 1.29 is 4.79 Å². The lowest BCUT2D eigenvalue weighted by Crippen LogP contribution is -2.43. The molecule has 1 aromatic carbocycles. The average Bonchev–Trinajstić information content (AvgIpc) is 3.33. The second-order valence-electron chi connectivity index (χ2n) is 9.32. The number of benzene rings is 1. The Balaban J connectivity index is 1.59. The molecule has 8 heteroatoms. The van der Waals surface area contributed by atoms with E-state index in [0.717, 1.165) is 54.5 Å². The number of hydrogen-bond acceptors (Lipinski definition) is 6. The molecule has 0 radical (unpaired) electrons. The van der Waals surface area contributed by atoms with E-state index in [1.807, 2.05) is 18.4 Å². The number of nitrogens with one attached hydrogen (secondary N) is 1. The number of amides is 1. The molecule has 1 amide bonds. The molecule has 6 nitrogen and oxygen atoms in total. The van der Waals surface area contributed by atoms with Gasteiger partial charge >= 0.3 is 0 Å². The van der Waals surface area contributed by atoms with Gasteiger partial charge in [-0.05, 0) is 31.7 Å². The third-order valence-corrected chi connectivity index (χ3v) is 8.38. The van der Waals surface area contributed by atoms with Gasteiger partial charge in [0, 0.05) is 29.1 Å². The summed E-state index contributed by atoms with van der Waals surface area (Å²) in [7, 11) is 0. The molecule has 5 rings (SSSR count). The van der Waals surface area contributed by atoms with Gasteiger partial charge in [-0.1, -0.05) is 67.4 Å². The lowest BCUT2D eigenvalue weighted by molar-refractivity contribution is -0.113. The second-order valence-corrected chi connectivity index (χ2v) is 11.2. The van der Waals surface area contributed by atoms with Gasteiger partial charge in [-0.25, -0.2) is 9.97 Å². The van der Waals surface area contributed by atoms with E-state index in [4.69, 9.17) is 4.98 Å². The van der Waals surface area contributed by atoms with Crippen molar-refractivity contribution in [1.82, 2.24) is 14.5 Å². The zero-order chi connectivity index (χ0) is 23.7. The van der Waals surface area contributed by atoms with Crippen LogP contribution in [0.2, 0.25) is 0 Å². The number of thiazole rings is 1. The standard InChI is InChI=1S/C26H28N4O2S2/c1-17(2)15-30-23(32)21-22(29-25(30)34-16-20(31)28-24-27-12-13-33-24)19-9-5-4-8-18(19)14-26(21)10-6-3-7-11-26/h4-5,8-9,12-13H,1,3,6-7,10-11,14-16H2,2H3,(H,27,28,31). The van der Waals surface area contributed by atoms with Crippen LogP contribution in [-0.2, 0) is 23.2 Å². The first kappa shape index (κ1) is 23.1. The maximum atomic E-state index is 14.1. The molecule has 2 aromatic heterocycles. The summed E-state index contributed by atoms with van der Waals surface area (Å²) in [5.74, 6) is -0.0220. The second kappa shape index (κ2) is 9.50. The Kier molecular flexibility index (Phi) is 6.44. The molecule has 0 unspecified atom stereocenters. The van der Waals surface area contributed by atoms with Gasteiger partial charge in [-0.3, -0.25) is 14.2 Å². The summed E-state index contributed by atoms with van der Waals surface area (Å²) < 4.78 is 1.73. The number of carbonyl (C=O) groups excluding carboxylic acids is 1. The summed E-state index contributed by atoms with van der Waals surface area (Å²) in [6, 6.07) is 8.32. The molecule has 1 saturated carbocycles. The van der Waals surface area contributed by atoms with Gasteiger partial charge in [0.25, 0.3) is 5.56 Å². The molecular weight excluding hydrogens is 464 g/mol. The van der Waals surface area contributed by atoms with Crippen molar-refractivity contribution in [3.05, 3.63) is 69.5 Å². The Morgan fingerprint density at radius 3 is 2.79 bits per heavy atom. The van der Waals surface area contributed by atoms with Crippen molar-refractivity contribution in [3.8, 4) is 11.3 Å². The molecular formula is C26H28N4O2S2. The number of allylic oxidation sites excluding steroid dienone is 1. The molecule has 0 bridgehead atoms. The largest absolute Gasteiger partial charge is 0.301 e. The van der Waals surface area contributed by atoms with E-state index in [1.165, 1.54) is 35.1 Å². The van der Waals surface area contributed by atoms with E-state index in [2.05, 4.69) is 35.1 Å². The van der Waals surface area contributed by atoms with Crippen LogP contribution in [0.1, 0.15) is 50.2 Å². The van der Waals surface area contributed by atoms with Crippen LogP contribution in [0.15, 0.2) is 57.9 Å². The van der Waals surface area contributed by atoms with Gasteiger partial charge in [0.1, 0.15) is 0 Å². The predicted molar refractivity (Wildman–Crippen MR) is 139 cm³/mol. The lowest BCUT2D eigenvalue weighted by atomic mass is 9.62. The van der Waals surface area contributed by atoms with Crippen molar-refractivity contribution >= 4 is 34.1 Å². The average molecular weight is 493 g/mol. The minimum Gasteiger partial charge on any atom is -0.301 e. The van der Waals surface area contributed by atoms with Crippen LogP contribution in [0.3, 0.4) is 0 Å². The normalized spacial score (nSPS) is 16.0. The fourth-order valence-electron chi connectivity index (χ4n) is 5.31. The predicted octanol–water partition coefficient (Wildman–Crippen LogP) is 5.43. The monoisotopic (exact) mass is 492 g/mol. The van der Waals surface area contributed by atoms with Crippen LogP contribution < -0.4 is 10.9 Å². The molecule has 0 atom stereocenters. The highest BCUT2D eigenvalue weighted by atomic mass is 32.2. The number of anilines is 1. The van der Waals surface area contributed by atoms with Gasteiger partial charge in [0.05, 0.1) is 17.0 Å². The highest BCUT2D eigenvalue weighted by Gasteiger charge is 2.43. The molecule has 0 saturated heterocycles. The van der Waals surface area contributed by atoms with Gasteiger partial charge in [-0.2, -0.15) is 0 Å². The number of rotatable bonds is 6. The first-order valence-electron chi connectivity index (χ1n) is 11.7. The Morgan fingerprint density at radius 2 is 2.06 bits per heavy atom. The van der Waals surface area contributed by atoms with E-state index >= 15 is 0 Å². The summed E-state index contributed by atoms with van der Waals surface area (Å²) >= 11 is 2.67. The summed E-state index contributed by atoms with van der Waals surface area (Å²) in [5, 5.41) is 5.75. The maximum absolute atomic E-state index is 14.1. The van der Waals surface area contributed by atoms with Gasteiger partial charge in [0.2, 0.25) is 5.91 Å². The molecule has 0 aliphatic heterocycles. The zero-order valence-corrected chi connectivity index (χ0v) is 20.9. The Hall–Kier alpha value is -2.71. The lowest BCUT2D eigenvalue weighted by Gasteiger charge is -2.42. The number of thioether (sulfide) groups is 1. The third-order valence-electron chi connectivity index (χ3n) is 6.72. The molecule has 2 aliphatic rings. The smallest absolute Gasteiger partial charge is 0.258 e. The van der Waals surface area contributed by atoms with Crippen molar-refractivity contribution in [3.63, 3.8) is 0 Å². The topological polar surface area (TPSA) is 76.9 Å². The summed E-state index contributed by atoms with van der Waals surface area (Å²) in [5.41, 5.74) is 4.72. The van der Waals surface area contributed by atoms with Crippen LogP contribution in [0, 0.1) is 0 Å². The Bertz CT molecular complexity index is 1290. The van der Waals surface area contributed by atoms with E-state index < -0.39 is 0 Å². The number of fused-ring (bicyclic) bond motifs is 4. The minimum absolute atomic E-state index is 0.0206. The molecule has 3 aromatic rings. The summed E-state index contributed by atoms with van der Waals surface area (Å²) in [6.45, 7) is 6.36. The molecule has 2 heterocycles. The molecule has 1 N–H and O–H groups in total. The van der Waals surface area contributed by atoms with Gasteiger partial charge in [0.15, 0.2) is 10.3 Å². The number of carbonyl (C=O) groups is 1. The highest BCUT2D eigenvalue weighted by Crippen LogP contribution is 2.48. The van der Waals surface area contributed by atoms with Gasteiger partial charge in [-0.15, -0.1) is 11.3 Å². The minimum atomic E-state index is -0.169. The summed E-state index contributed by atoms with van der Waals surface area (Å²) in [4.78, 5) is 35.8. The summed E-state index contributed by atoms with van der Waals surface area (Å²) in [6.07, 6.45) is 8.06. The number of aromatic nitrogens is 3. The van der Waals surface area contributed by atoms with Crippen LogP contribution in [0.4, 0.5) is 5.13 Å². The molecule has 176 valence electrons. The van der Waals surface area contributed by atoms with Crippen molar-refractivity contribution in [2.45, 2.75) is 62.6 Å². The molecule has 1 spiro atoms. The van der Waals surface area contributed by atoms with Gasteiger partial charge < -0.3 is 5.32 Å². The van der Waals surface area contributed by atoms with Crippen molar-refractivity contribution in [2.75, 3.05) is 11.1 Å². The number of hydrogen-bond donors (Lipinski definition) is 1. The van der Waals surface area contributed by atoms with Crippen LogP contribution in [-0.4, -0.2) is 26.2 Å². The van der Waals surface area contributed by atoms with E-state index in [0.29, 0.717) is 16.8 Å². The van der Waals surface area contributed by atoms with E-state index in [9.17, 15) is 9.59 Å². The van der Waals surface area contributed by atoms with Crippen molar-refractivity contribution in [1.29, 1.82) is 0 Å². The van der Waals surface area contributed by atoms with Crippen LogP contribution in [0.25, 0.3) is 11.3 Å². The Morgan fingerprint density at radius 1 is 1.26 bits per heavy atom. The zero-order valence-electron chi connectivity index (χ0n) is 19.3. The SMILES string of the molecule is C=C(C)Cn1c(SCC(=O)Nc2nccs2)nc2c(c1=O)C1(CCCCC1)Cc1ccccc1-2. The first-order chi connectivity index (χ1) is 16.5. The molecule has 34 heavy (non-hydrogen) atoms. The van der Waals surface area contributed by atoms with E-state index in [-0.39, 0.29) is 22.6 Å². The van der Waals surface area contributed by atoms with Crippen molar-refractivity contribution in [2.24, 2.45) is 0 Å². The quantitative estimate of drug-likeness (QED) is 0.282. The molecule has 1 fully saturated rings. The first-order valence-corrected chi connectivity index (χ1v) is 13.5. The fraction of sp³-hybridized carbons (Fsp3) is 0.385.